The maximum Gasteiger partial charge on any atom is 0.185 e. The van der Waals surface area contributed by atoms with Crippen molar-refractivity contribution in [2.24, 2.45) is 0 Å². The second-order valence-electron chi connectivity index (χ2n) is 4.19. The molecule has 0 saturated carbocycles. The van der Waals surface area contributed by atoms with Gasteiger partial charge in [0.25, 0.3) is 0 Å². The van der Waals surface area contributed by atoms with Crippen LogP contribution < -0.4 is 10.1 Å². The van der Waals surface area contributed by atoms with Gasteiger partial charge in [-0.25, -0.2) is 17.6 Å². The lowest BCUT2D eigenvalue weighted by Crippen LogP contribution is -2.07. The number of anilines is 1. The van der Waals surface area contributed by atoms with Crippen LogP contribution in [0.15, 0.2) is 24.3 Å². The van der Waals surface area contributed by atoms with E-state index in [0.717, 1.165) is 0 Å². The molecule has 0 amide bonds. The van der Waals surface area contributed by atoms with Crippen molar-refractivity contribution in [3.8, 4) is 11.5 Å². The maximum atomic E-state index is 13.5. The van der Waals surface area contributed by atoms with Gasteiger partial charge >= 0.3 is 0 Å². The van der Waals surface area contributed by atoms with Crippen molar-refractivity contribution in [2.75, 3.05) is 12.4 Å². The van der Waals surface area contributed by atoms with Gasteiger partial charge in [0.1, 0.15) is 17.2 Å². The molecule has 7 heteroatoms. The number of benzene rings is 2. The second kappa shape index (κ2) is 5.90. The number of halogens is 4. The van der Waals surface area contributed by atoms with Crippen molar-refractivity contribution >= 4 is 5.69 Å². The topological polar surface area (TPSA) is 41.5 Å². The fourth-order valence-corrected chi connectivity index (χ4v) is 1.74. The minimum absolute atomic E-state index is 0.124. The highest BCUT2D eigenvalue weighted by atomic mass is 19.2. The van der Waals surface area contributed by atoms with Crippen LogP contribution in [0.5, 0.6) is 11.5 Å². The summed E-state index contributed by atoms with van der Waals surface area (Å²) in [7, 11) is 1.41. The van der Waals surface area contributed by atoms with Crippen LogP contribution in [0.2, 0.25) is 0 Å². The van der Waals surface area contributed by atoms with Crippen molar-refractivity contribution in [2.45, 2.75) is 6.54 Å². The van der Waals surface area contributed by atoms with E-state index >= 15 is 0 Å². The Bertz CT molecular complexity index is 650. The molecule has 0 aliphatic rings. The first-order valence-electron chi connectivity index (χ1n) is 5.86. The van der Waals surface area contributed by atoms with E-state index in [2.05, 4.69) is 5.32 Å². The molecule has 0 aliphatic carbocycles. The molecule has 2 aromatic rings. The summed E-state index contributed by atoms with van der Waals surface area (Å²) in [5.41, 5.74) is -0.687. The molecule has 0 saturated heterocycles. The van der Waals surface area contributed by atoms with Crippen molar-refractivity contribution in [1.29, 1.82) is 0 Å². The molecule has 2 aromatic carbocycles. The third-order valence-electron chi connectivity index (χ3n) is 2.85. The van der Waals surface area contributed by atoms with Gasteiger partial charge in [0.05, 0.1) is 7.11 Å². The van der Waals surface area contributed by atoms with E-state index in [4.69, 9.17) is 4.74 Å². The largest absolute Gasteiger partial charge is 0.508 e. The Balaban J connectivity index is 2.28. The molecule has 0 bridgehead atoms. The monoisotopic (exact) mass is 301 g/mol. The lowest BCUT2D eigenvalue weighted by atomic mass is 10.1. The Kier molecular flexibility index (Phi) is 4.21. The van der Waals surface area contributed by atoms with Crippen molar-refractivity contribution < 1.29 is 27.4 Å². The normalized spacial score (nSPS) is 10.5. The van der Waals surface area contributed by atoms with Gasteiger partial charge in [-0.05, 0) is 18.2 Å². The highest BCUT2D eigenvalue weighted by molar-refractivity contribution is 5.49. The Morgan fingerprint density at radius 3 is 2.24 bits per heavy atom. The molecule has 0 aliphatic heterocycles. The molecule has 0 aromatic heterocycles. The molecule has 0 radical (unpaired) electrons. The summed E-state index contributed by atoms with van der Waals surface area (Å²) in [6.07, 6.45) is 0. The van der Waals surface area contributed by atoms with Crippen LogP contribution in [-0.4, -0.2) is 12.2 Å². The number of phenols is 1. The Morgan fingerprint density at radius 1 is 1.05 bits per heavy atom. The lowest BCUT2D eigenvalue weighted by molar-refractivity contribution is 0.411. The Hall–Kier alpha value is -2.44. The molecule has 112 valence electrons. The predicted octanol–water partition coefficient (Wildman–Crippen LogP) is 3.57. The van der Waals surface area contributed by atoms with Crippen LogP contribution in [0.3, 0.4) is 0 Å². The summed E-state index contributed by atoms with van der Waals surface area (Å²) in [6.45, 7) is -0.250. The van der Waals surface area contributed by atoms with E-state index in [9.17, 15) is 22.7 Å². The second-order valence-corrected chi connectivity index (χ2v) is 4.19. The standard InChI is InChI=1S/C14H11F4NO2/c1-21-8-2-3-11(20)7(4-8)6-19-14-12(17)9(15)5-10(16)13(14)18/h2-5,19-20H,6H2,1H3. The highest BCUT2D eigenvalue weighted by Gasteiger charge is 2.19. The number of hydrogen-bond acceptors (Lipinski definition) is 3. The first-order chi connectivity index (χ1) is 9.93. The van der Waals surface area contributed by atoms with Crippen molar-refractivity contribution in [3.05, 3.63) is 53.1 Å². The quantitative estimate of drug-likeness (QED) is 0.670. The number of phenolic OH excluding ortho intramolecular Hbond substituents is 1. The third-order valence-corrected chi connectivity index (χ3v) is 2.85. The fraction of sp³-hybridized carbons (Fsp3) is 0.143. The summed E-state index contributed by atoms with van der Waals surface area (Å²) in [4.78, 5) is 0. The fourth-order valence-electron chi connectivity index (χ4n) is 1.74. The van der Waals surface area contributed by atoms with Gasteiger partial charge in [0.2, 0.25) is 0 Å². The van der Waals surface area contributed by atoms with E-state index < -0.39 is 29.0 Å². The van der Waals surface area contributed by atoms with E-state index in [0.29, 0.717) is 5.75 Å². The zero-order chi connectivity index (χ0) is 15.6. The van der Waals surface area contributed by atoms with E-state index in [1.807, 2.05) is 0 Å². The molecular formula is C14H11F4NO2. The van der Waals surface area contributed by atoms with Crippen LogP contribution in [-0.2, 0) is 6.54 Å². The van der Waals surface area contributed by atoms with Crippen molar-refractivity contribution in [3.63, 3.8) is 0 Å². The van der Waals surface area contributed by atoms with Crippen LogP contribution in [0, 0.1) is 23.3 Å². The van der Waals surface area contributed by atoms with Crippen LogP contribution >= 0.6 is 0 Å². The molecule has 0 spiro atoms. The average Bonchev–Trinajstić information content (AvgIpc) is 2.47. The smallest absolute Gasteiger partial charge is 0.185 e. The number of nitrogens with one attached hydrogen (secondary N) is 1. The summed E-state index contributed by atoms with van der Waals surface area (Å²) < 4.78 is 58.0. The molecular weight excluding hydrogens is 290 g/mol. The summed E-state index contributed by atoms with van der Waals surface area (Å²) in [6, 6.07) is 4.36. The van der Waals surface area contributed by atoms with Gasteiger partial charge in [-0.3, -0.25) is 0 Å². The predicted molar refractivity (Wildman–Crippen MR) is 68.3 cm³/mol. The van der Waals surface area contributed by atoms with Gasteiger partial charge in [0, 0.05) is 18.2 Å². The minimum Gasteiger partial charge on any atom is -0.508 e. The lowest BCUT2D eigenvalue weighted by Gasteiger charge is -2.12. The zero-order valence-corrected chi connectivity index (χ0v) is 10.9. The molecule has 2 N–H and O–H groups in total. The molecule has 21 heavy (non-hydrogen) atoms. The molecule has 0 heterocycles. The molecule has 0 atom stereocenters. The molecule has 2 rings (SSSR count). The van der Waals surface area contributed by atoms with E-state index in [1.165, 1.54) is 25.3 Å². The maximum absolute atomic E-state index is 13.5. The number of methoxy groups -OCH3 is 1. The SMILES string of the molecule is COc1ccc(O)c(CNc2c(F)c(F)cc(F)c2F)c1. The number of ether oxygens (including phenoxy) is 1. The first-order valence-corrected chi connectivity index (χ1v) is 5.86. The van der Waals surface area contributed by atoms with Crippen LogP contribution in [0.25, 0.3) is 0 Å². The van der Waals surface area contributed by atoms with Crippen LogP contribution in [0.4, 0.5) is 23.2 Å². The van der Waals surface area contributed by atoms with Gasteiger partial charge in [-0.2, -0.15) is 0 Å². The highest BCUT2D eigenvalue weighted by Crippen LogP contribution is 2.27. The molecule has 3 nitrogen and oxygen atoms in total. The summed E-state index contributed by atoms with van der Waals surface area (Å²) in [5, 5.41) is 11.9. The number of rotatable bonds is 4. The number of hydrogen-bond donors (Lipinski definition) is 2. The first kappa shape index (κ1) is 15.0. The van der Waals surface area contributed by atoms with Gasteiger partial charge in [-0.15, -0.1) is 0 Å². The Labute approximate surface area is 117 Å². The van der Waals surface area contributed by atoms with Gasteiger partial charge in [-0.1, -0.05) is 0 Å². The molecule has 0 fully saturated rings. The van der Waals surface area contributed by atoms with Crippen molar-refractivity contribution in [1.82, 2.24) is 0 Å². The van der Waals surface area contributed by atoms with Crippen LogP contribution in [0.1, 0.15) is 5.56 Å². The van der Waals surface area contributed by atoms with Gasteiger partial charge < -0.3 is 15.2 Å². The Morgan fingerprint density at radius 2 is 1.67 bits per heavy atom. The molecule has 0 unspecified atom stereocenters. The third kappa shape index (κ3) is 3.01. The average molecular weight is 301 g/mol. The zero-order valence-electron chi connectivity index (χ0n) is 10.9. The summed E-state index contributed by atoms with van der Waals surface area (Å²) >= 11 is 0. The summed E-state index contributed by atoms with van der Waals surface area (Å²) in [5.74, 6) is -5.82. The van der Waals surface area contributed by atoms with Gasteiger partial charge in [0.15, 0.2) is 23.3 Å². The van der Waals surface area contributed by atoms with E-state index in [1.54, 1.807) is 0 Å². The van der Waals surface area contributed by atoms with E-state index in [-0.39, 0.29) is 23.9 Å². The number of aromatic hydroxyl groups is 1. The minimum atomic E-state index is -1.53.